The van der Waals surface area contributed by atoms with Crippen LogP contribution >= 0.6 is 23.1 Å². The number of carbonyl (C=O) groups is 2. The van der Waals surface area contributed by atoms with E-state index in [4.69, 9.17) is 0 Å². The number of thiazole rings is 1. The van der Waals surface area contributed by atoms with E-state index < -0.39 is 0 Å². The van der Waals surface area contributed by atoms with Crippen molar-refractivity contribution in [3.63, 3.8) is 0 Å². The zero-order valence-electron chi connectivity index (χ0n) is 16.2. The standard InChI is InChI=1S/C21H19N5O2S2/c1-29-21-25-17-6-5-16(12-18(17)30-21)24-20(28)14-3-2-4-15(11-14)23-19(27)7-9-26-10-8-22-13-26/h2-6,8,10-13H,7,9H2,1H3,(H,23,27)(H,24,28). The van der Waals surface area contributed by atoms with Gasteiger partial charge in [-0.15, -0.1) is 11.3 Å². The van der Waals surface area contributed by atoms with Crippen molar-refractivity contribution < 1.29 is 9.59 Å². The maximum absolute atomic E-state index is 12.7. The summed E-state index contributed by atoms with van der Waals surface area (Å²) in [7, 11) is 0. The Hall–Kier alpha value is -3.17. The summed E-state index contributed by atoms with van der Waals surface area (Å²) in [6, 6.07) is 12.6. The molecule has 0 aliphatic rings. The number of anilines is 2. The molecule has 0 aliphatic carbocycles. The molecule has 0 saturated heterocycles. The SMILES string of the molecule is CSc1nc2ccc(NC(=O)c3cccc(NC(=O)CCn4ccnc4)c3)cc2s1. The third-order valence-corrected chi connectivity index (χ3v) is 6.37. The van der Waals surface area contributed by atoms with Crippen LogP contribution in [0.15, 0.2) is 65.5 Å². The third kappa shape index (κ3) is 4.87. The Morgan fingerprint density at radius 1 is 1.13 bits per heavy atom. The molecule has 0 fully saturated rings. The normalized spacial score (nSPS) is 10.8. The highest BCUT2D eigenvalue weighted by atomic mass is 32.2. The molecule has 0 bridgehead atoms. The van der Waals surface area contributed by atoms with E-state index in [0.717, 1.165) is 14.6 Å². The summed E-state index contributed by atoms with van der Waals surface area (Å²) < 4.78 is 3.85. The molecular weight excluding hydrogens is 418 g/mol. The molecule has 9 heteroatoms. The van der Waals surface area contributed by atoms with Gasteiger partial charge in [0.1, 0.15) is 0 Å². The molecule has 0 saturated carbocycles. The summed E-state index contributed by atoms with van der Waals surface area (Å²) in [5.41, 5.74) is 2.68. The molecule has 30 heavy (non-hydrogen) atoms. The van der Waals surface area contributed by atoms with Gasteiger partial charge < -0.3 is 15.2 Å². The molecule has 7 nitrogen and oxygen atoms in total. The number of imidazole rings is 1. The van der Waals surface area contributed by atoms with E-state index in [2.05, 4.69) is 20.6 Å². The summed E-state index contributed by atoms with van der Waals surface area (Å²) in [6.45, 7) is 0.546. The minimum absolute atomic E-state index is 0.124. The molecule has 0 aliphatic heterocycles. The monoisotopic (exact) mass is 437 g/mol. The first-order valence-electron chi connectivity index (χ1n) is 9.22. The van der Waals surface area contributed by atoms with Crippen LogP contribution in [0.2, 0.25) is 0 Å². The highest BCUT2D eigenvalue weighted by Gasteiger charge is 2.10. The van der Waals surface area contributed by atoms with Crippen molar-refractivity contribution in [2.45, 2.75) is 17.3 Å². The summed E-state index contributed by atoms with van der Waals surface area (Å²) in [6.07, 6.45) is 7.46. The Labute approximate surface area is 181 Å². The molecule has 0 radical (unpaired) electrons. The van der Waals surface area contributed by atoms with Crippen LogP contribution in [0.1, 0.15) is 16.8 Å². The molecule has 4 rings (SSSR count). The lowest BCUT2D eigenvalue weighted by Crippen LogP contribution is -2.15. The fourth-order valence-electron chi connectivity index (χ4n) is 2.88. The summed E-state index contributed by atoms with van der Waals surface area (Å²) >= 11 is 3.20. The van der Waals surface area contributed by atoms with E-state index in [1.54, 1.807) is 59.9 Å². The van der Waals surface area contributed by atoms with Gasteiger partial charge in [0.25, 0.3) is 5.91 Å². The van der Waals surface area contributed by atoms with Gasteiger partial charge in [0.15, 0.2) is 4.34 Å². The summed E-state index contributed by atoms with van der Waals surface area (Å²) in [5.74, 6) is -0.361. The third-order valence-electron chi connectivity index (χ3n) is 4.37. The number of carbonyl (C=O) groups excluding carboxylic acids is 2. The van der Waals surface area contributed by atoms with Gasteiger partial charge in [-0.3, -0.25) is 9.59 Å². The Kier molecular flexibility index (Phi) is 6.10. The molecule has 4 aromatic rings. The minimum atomic E-state index is -0.238. The van der Waals surface area contributed by atoms with Crippen LogP contribution in [0.25, 0.3) is 10.2 Å². The van der Waals surface area contributed by atoms with Crippen molar-refractivity contribution in [3.8, 4) is 0 Å². The molecule has 2 aromatic heterocycles. The molecular formula is C21H19N5O2S2. The average Bonchev–Trinajstić information content (AvgIpc) is 3.41. The lowest BCUT2D eigenvalue weighted by Gasteiger charge is -2.09. The number of aryl methyl sites for hydroxylation is 1. The van der Waals surface area contributed by atoms with Crippen LogP contribution in [0.4, 0.5) is 11.4 Å². The van der Waals surface area contributed by atoms with Crippen molar-refractivity contribution >= 4 is 56.5 Å². The molecule has 2 aromatic carbocycles. The van der Waals surface area contributed by atoms with E-state index in [-0.39, 0.29) is 11.8 Å². The van der Waals surface area contributed by atoms with Crippen LogP contribution in [0, 0.1) is 0 Å². The number of nitrogens with one attached hydrogen (secondary N) is 2. The van der Waals surface area contributed by atoms with Crippen molar-refractivity contribution in [1.82, 2.24) is 14.5 Å². The molecule has 2 amide bonds. The second kappa shape index (κ2) is 9.10. The molecule has 0 atom stereocenters. The number of thioether (sulfide) groups is 1. The Bertz CT molecular complexity index is 1190. The highest BCUT2D eigenvalue weighted by Crippen LogP contribution is 2.30. The predicted molar refractivity (Wildman–Crippen MR) is 121 cm³/mol. The van der Waals surface area contributed by atoms with Crippen LogP contribution in [0.3, 0.4) is 0 Å². The second-order valence-electron chi connectivity index (χ2n) is 6.50. The van der Waals surface area contributed by atoms with Gasteiger partial charge in [0.05, 0.1) is 16.5 Å². The number of fused-ring (bicyclic) bond motifs is 1. The minimum Gasteiger partial charge on any atom is -0.337 e. The lowest BCUT2D eigenvalue weighted by molar-refractivity contribution is -0.116. The van der Waals surface area contributed by atoms with Crippen molar-refractivity contribution in [2.24, 2.45) is 0 Å². The van der Waals surface area contributed by atoms with Crippen LogP contribution in [-0.4, -0.2) is 32.6 Å². The number of hydrogen-bond acceptors (Lipinski definition) is 6. The first-order chi connectivity index (χ1) is 14.6. The van der Waals surface area contributed by atoms with Gasteiger partial charge in [-0.25, -0.2) is 9.97 Å². The number of hydrogen-bond donors (Lipinski definition) is 2. The van der Waals surface area contributed by atoms with Crippen molar-refractivity contribution in [1.29, 1.82) is 0 Å². The second-order valence-corrected chi connectivity index (χ2v) is 8.58. The van der Waals surface area contributed by atoms with E-state index in [1.807, 2.05) is 35.2 Å². The molecule has 2 N–H and O–H groups in total. The zero-order valence-corrected chi connectivity index (χ0v) is 17.8. The molecule has 152 valence electrons. The Balaban J connectivity index is 1.40. The van der Waals surface area contributed by atoms with Gasteiger partial charge in [-0.2, -0.15) is 0 Å². The lowest BCUT2D eigenvalue weighted by atomic mass is 10.1. The maximum atomic E-state index is 12.7. The average molecular weight is 438 g/mol. The van der Waals surface area contributed by atoms with E-state index in [9.17, 15) is 9.59 Å². The number of aromatic nitrogens is 3. The number of benzene rings is 2. The molecule has 2 heterocycles. The summed E-state index contributed by atoms with van der Waals surface area (Å²) in [4.78, 5) is 33.3. The van der Waals surface area contributed by atoms with Crippen molar-refractivity contribution in [2.75, 3.05) is 16.9 Å². The largest absolute Gasteiger partial charge is 0.337 e. The topological polar surface area (TPSA) is 88.9 Å². The van der Waals surface area contributed by atoms with Crippen LogP contribution < -0.4 is 10.6 Å². The van der Waals surface area contributed by atoms with E-state index in [1.165, 1.54) is 0 Å². The van der Waals surface area contributed by atoms with Gasteiger partial charge in [-0.1, -0.05) is 17.8 Å². The quantitative estimate of drug-likeness (QED) is 0.416. The van der Waals surface area contributed by atoms with Crippen LogP contribution in [-0.2, 0) is 11.3 Å². The van der Waals surface area contributed by atoms with Crippen molar-refractivity contribution in [3.05, 3.63) is 66.7 Å². The van der Waals surface area contributed by atoms with Crippen LogP contribution in [0.5, 0.6) is 0 Å². The highest BCUT2D eigenvalue weighted by molar-refractivity contribution is 8.00. The Morgan fingerprint density at radius 2 is 2.00 bits per heavy atom. The number of amides is 2. The van der Waals surface area contributed by atoms with E-state index in [0.29, 0.717) is 29.9 Å². The Morgan fingerprint density at radius 3 is 2.80 bits per heavy atom. The zero-order chi connectivity index (χ0) is 20.9. The van der Waals surface area contributed by atoms with Gasteiger partial charge in [0.2, 0.25) is 5.91 Å². The number of rotatable bonds is 7. The number of nitrogens with zero attached hydrogens (tertiary/aromatic N) is 3. The maximum Gasteiger partial charge on any atom is 0.255 e. The van der Waals surface area contributed by atoms with Gasteiger partial charge >= 0.3 is 0 Å². The van der Waals surface area contributed by atoms with E-state index >= 15 is 0 Å². The van der Waals surface area contributed by atoms with Gasteiger partial charge in [-0.05, 0) is 42.7 Å². The summed E-state index contributed by atoms with van der Waals surface area (Å²) in [5, 5.41) is 5.75. The van der Waals surface area contributed by atoms with Gasteiger partial charge in [0, 0.05) is 42.3 Å². The molecule has 0 unspecified atom stereocenters. The first-order valence-corrected chi connectivity index (χ1v) is 11.3. The fraction of sp³-hybridized carbons (Fsp3) is 0.143. The predicted octanol–water partition coefficient (Wildman–Crippen LogP) is 4.50. The smallest absolute Gasteiger partial charge is 0.255 e. The first kappa shape index (κ1) is 20.1. The fourth-order valence-corrected chi connectivity index (χ4v) is 4.41. The molecule has 0 spiro atoms.